The molecule has 1 rings (SSSR count). The zero-order chi connectivity index (χ0) is 10.8. The third kappa shape index (κ3) is 7.17. The lowest BCUT2D eigenvalue weighted by molar-refractivity contribution is 0.104. The maximum absolute atomic E-state index is 5.45. The molecule has 0 amide bonds. The van der Waals surface area contributed by atoms with Crippen LogP contribution in [0, 0.1) is 0 Å². The molecule has 0 radical (unpaired) electrons. The zero-order valence-electron chi connectivity index (χ0n) is 9.67. The van der Waals surface area contributed by atoms with E-state index in [1.54, 1.807) is 7.11 Å². The first-order chi connectivity index (χ1) is 7.43. The van der Waals surface area contributed by atoms with Crippen LogP contribution in [0.4, 0.5) is 0 Å². The van der Waals surface area contributed by atoms with Gasteiger partial charge < -0.3 is 14.8 Å². The van der Waals surface area contributed by atoms with Crippen LogP contribution in [-0.2, 0) is 9.47 Å². The molecule has 1 aliphatic heterocycles. The summed E-state index contributed by atoms with van der Waals surface area (Å²) in [6, 6.07) is 0. The first-order valence-corrected chi connectivity index (χ1v) is 6.87. The van der Waals surface area contributed by atoms with Gasteiger partial charge in [-0.1, -0.05) is 0 Å². The molecule has 0 spiro atoms. The smallest absolute Gasteiger partial charge is 0.0590 e. The van der Waals surface area contributed by atoms with Gasteiger partial charge in [0.1, 0.15) is 0 Å². The van der Waals surface area contributed by atoms with Crippen molar-refractivity contribution in [3.05, 3.63) is 0 Å². The molecule has 90 valence electrons. The Bertz CT molecular complexity index is 141. The van der Waals surface area contributed by atoms with Crippen LogP contribution in [0.5, 0.6) is 0 Å². The number of rotatable bonds is 9. The molecule has 15 heavy (non-hydrogen) atoms. The third-order valence-corrected chi connectivity index (χ3v) is 3.85. The highest BCUT2D eigenvalue weighted by molar-refractivity contribution is 8.00. The van der Waals surface area contributed by atoms with Crippen LogP contribution in [-0.4, -0.2) is 51.0 Å². The zero-order valence-corrected chi connectivity index (χ0v) is 10.5. The molecule has 1 heterocycles. The molecular formula is C11H23NO2S. The molecular weight excluding hydrogens is 210 g/mol. The number of thioether (sulfide) groups is 1. The van der Waals surface area contributed by atoms with Gasteiger partial charge in [-0.15, -0.1) is 0 Å². The SMILES string of the molecule is COCCCOCCNCC1CCCS1. The maximum atomic E-state index is 5.45. The molecule has 1 unspecified atom stereocenters. The van der Waals surface area contributed by atoms with Gasteiger partial charge in [0.05, 0.1) is 6.61 Å². The van der Waals surface area contributed by atoms with Crippen LogP contribution in [0.2, 0.25) is 0 Å². The lowest BCUT2D eigenvalue weighted by atomic mass is 10.2. The maximum Gasteiger partial charge on any atom is 0.0590 e. The summed E-state index contributed by atoms with van der Waals surface area (Å²) in [7, 11) is 1.72. The molecule has 0 aromatic heterocycles. The predicted octanol–water partition coefficient (Wildman–Crippen LogP) is 1.52. The number of ether oxygens (including phenoxy) is 2. The molecule has 0 aromatic rings. The Morgan fingerprint density at radius 2 is 2.27 bits per heavy atom. The summed E-state index contributed by atoms with van der Waals surface area (Å²) < 4.78 is 10.4. The van der Waals surface area contributed by atoms with Gasteiger partial charge in [0.15, 0.2) is 0 Å². The minimum Gasteiger partial charge on any atom is -0.385 e. The fraction of sp³-hybridized carbons (Fsp3) is 1.00. The Kier molecular flexibility index (Phi) is 8.38. The Morgan fingerprint density at radius 3 is 3.00 bits per heavy atom. The van der Waals surface area contributed by atoms with E-state index in [1.165, 1.54) is 18.6 Å². The van der Waals surface area contributed by atoms with Crippen molar-refractivity contribution in [3.8, 4) is 0 Å². The summed E-state index contributed by atoms with van der Waals surface area (Å²) in [5, 5.41) is 4.29. The number of methoxy groups -OCH3 is 1. The summed E-state index contributed by atoms with van der Waals surface area (Å²) in [5.74, 6) is 1.35. The van der Waals surface area contributed by atoms with E-state index in [4.69, 9.17) is 9.47 Å². The van der Waals surface area contributed by atoms with Gasteiger partial charge in [-0.2, -0.15) is 11.8 Å². The Morgan fingerprint density at radius 1 is 1.33 bits per heavy atom. The summed E-state index contributed by atoms with van der Waals surface area (Å²) in [6.45, 7) is 4.55. The van der Waals surface area contributed by atoms with Gasteiger partial charge in [0.25, 0.3) is 0 Å². The van der Waals surface area contributed by atoms with Crippen molar-refractivity contribution in [1.82, 2.24) is 5.32 Å². The fourth-order valence-electron chi connectivity index (χ4n) is 1.62. The van der Waals surface area contributed by atoms with Crippen molar-refractivity contribution in [1.29, 1.82) is 0 Å². The van der Waals surface area contributed by atoms with Gasteiger partial charge in [-0.3, -0.25) is 0 Å². The van der Waals surface area contributed by atoms with Gasteiger partial charge in [-0.05, 0) is 25.0 Å². The van der Waals surface area contributed by atoms with Gasteiger partial charge >= 0.3 is 0 Å². The average molecular weight is 233 g/mol. The summed E-state index contributed by atoms with van der Waals surface area (Å²) >= 11 is 2.10. The lowest BCUT2D eigenvalue weighted by Crippen LogP contribution is -2.26. The number of hydrogen-bond donors (Lipinski definition) is 1. The highest BCUT2D eigenvalue weighted by atomic mass is 32.2. The second-order valence-electron chi connectivity index (χ2n) is 3.80. The monoisotopic (exact) mass is 233 g/mol. The molecule has 4 heteroatoms. The van der Waals surface area contributed by atoms with E-state index >= 15 is 0 Å². The van der Waals surface area contributed by atoms with Crippen LogP contribution >= 0.6 is 11.8 Å². The van der Waals surface area contributed by atoms with Crippen LogP contribution in [0.15, 0.2) is 0 Å². The quantitative estimate of drug-likeness (QED) is 0.612. The molecule has 1 saturated heterocycles. The van der Waals surface area contributed by atoms with E-state index in [9.17, 15) is 0 Å². The van der Waals surface area contributed by atoms with Crippen LogP contribution < -0.4 is 5.32 Å². The average Bonchev–Trinajstić information content (AvgIpc) is 2.75. The minimum absolute atomic E-state index is 0.798. The van der Waals surface area contributed by atoms with Crippen LogP contribution in [0.3, 0.4) is 0 Å². The first kappa shape index (κ1) is 13.3. The third-order valence-electron chi connectivity index (χ3n) is 2.46. The fourth-order valence-corrected chi connectivity index (χ4v) is 2.86. The van der Waals surface area contributed by atoms with Crippen molar-refractivity contribution < 1.29 is 9.47 Å². The molecule has 0 aliphatic carbocycles. The first-order valence-electron chi connectivity index (χ1n) is 5.82. The number of hydrogen-bond acceptors (Lipinski definition) is 4. The molecule has 0 bridgehead atoms. The van der Waals surface area contributed by atoms with E-state index in [2.05, 4.69) is 17.1 Å². The van der Waals surface area contributed by atoms with E-state index in [-0.39, 0.29) is 0 Å². The van der Waals surface area contributed by atoms with Crippen molar-refractivity contribution in [3.63, 3.8) is 0 Å². The summed E-state index contributed by atoms with van der Waals surface area (Å²) in [6.07, 6.45) is 3.77. The Labute approximate surface area is 97.3 Å². The van der Waals surface area contributed by atoms with E-state index in [0.29, 0.717) is 0 Å². The van der Waals surface area contributed by atoms with Crippen molar-refractivity contribution in [2.24, 2.45) is 0 Å². The van der Waals surface area contributed by atoms with Gasteiger partial charge in [0, 0.05) is 38.7 Å². The highest BCUT2D eigenvalue weighted by Gasteiger charge is 2.14. The molecule has 1 aliphatic rings. The van der Waals surface area contributed by atoms with Crippen molar-refractivity contribution in [2.75, 3.05) is 45.8 Å². The molecule has 3 nitrogen and oxygen atoms in total. The van der Waals surface area contributed by atoms with Gasteiger partial charge in [0.2, 0.25) is 0 Å². The molecule has 0 saturated carbocycles. The molecule has 1 N–H and O–H groups in total. The van der Waals surface area contributed by atoms with Crippen molar-refractivity contribution >= 4 is 11.8 Å². The normalized spacial score (nSPS) is 21.0. The van der Waals surface area contributed by atoms with E-state index < -0.39 is 0 Å². The van der Waals surface area contributed by atoms with Gasteiger partial charge in [-0.25, -0.2) is 0 Å². The van der Waals surface area contributed by atoms with Crippen molar-refractivity contribution in [2.45, 2.75) is 24.5 Å². The van der Waals surface area contributed by atoms with Crippen LogP contribution in [0.25, 0.3) is 0 Å². The second-order valence-corrected chi connectivity index (χ2v) is 5.21. The van der Waals surface area contributed by atoms with E-state index in [1.807, 2.05) is 0 Å². The summed E-state index contributed by atoms with van der Waals surface area (Å²) in [4.78, 5) is 0. The number of nitrogens with one attached hydrogen (secondary N) is 1. The second kappa shape index (κ2) is 9.46. The Hall–Kier alpha value is 0.230. The Balaban J connectivity index is 1.73. The van der Waals surface area contributed by atoms with Crippen LogP contribution in [0.1, 0.15) is 19.3 Å². The summed E-state index contributed by atoms with van der Waals surface area (Å²) in [5.41, 5.74) is 0. The minimum atomic E-state index is 0.798. The topological polar surface area (TPSA) is 30.5 Å². The molecule has 1 fully saturated rings. The lowest BCUT2D eigenvalue weighted by Gasteiger charge is -2.10. The largest absolute Gasteiger partial charge is 0.385 e. The van der Waals surface area contributed by atoms with E-state index in [0.717, 1.165) is 44.6 Å². The molecule has 0 aromatic carbocycles. The highest BCUT2D eigenvalue weighted by Crippen LogP contribution is 2.24. The standard InChI is InChI=1S/C11H23NO2S/c1-13-6-3-7-14-8-5-12-10-11-4-2-9-15-11/h11-12H,2-10H2,1H3. The molecule has 1 atom stereocenters. The predicted molar refractivity (Wildman–Crippen MR) is 65.7 cm³/mol.